The first-order chi connectivity index (χ1) is 8.76. The second-order valence-corrected chi connectivity index (χ2v) is 4.54. The van der Waals surface area contributed by atoms with Crippen LogP contribution in [0, 0.1) is 0 Å². The van der Waals surface area contributed by atoms with E-state index < -0.39 is 0 Å². The van der Waals surface area contributed by atoms with Gasteiger partial charge in [0.1, 0.15) is 22.1 Å². The summed E-state index contributed by atoms with van der Waals surface area (Å²) in [7, 11) is 3.07. The summed E-state index contributed by atoms with van der Waals surface area (Å²) >= 11 is 1.46. The number of ether oxygens (including phenoxy) is 2. The molecule has 1 heterocycles. The highest BCUT2D eigenvalue weighted by molar-refractivity contribution is 7.09. The molecule has 0 spiro atoms. The van der Waals surface area contributed by atoms with Crippen LogP contribution in [0.15, 0.2) is 29.8 Å². The molecule has 0 N–H and O–H groups in total. The number of Topliss-reactive ketones (excluding diaryl/α,β-unsaturated/α-hetero) is 1. The Labute approximate surface area is 109 Å². The Morgan fingerprint density at radius 3 is 2.44 bits per heavy atom. The Hall–Kier alpha value is -1.88. The van der Waals surface area contributed by atoms with Gasteiger partial charge in [-0.1, -0.05) is 6.07 Å². The number of benzene rings is 1. The highest BCUT2D eigenvalue weighted by Crippen LogP contribution is 2.29. The summed E-state index contributed by atoms with van der Waals surface area (Å²) < 4.78 is 10.4. The van der Waals surface area contributed by atoms with Crippen molar-refractivity contribution in [3.63, 3.8) is 0 Å². The first-order valence-corrected chi connectivity index (χ1v) is 6.26. The summed E-state index contributed by atoms with van der Waals surface area (Å²) in [5, 5.41) is 2.63. The average molecular weight is 263 g/mol. The van der Waals surface area contributed by atoms with Crippen molar-refractivity contribution in [1.82, 2.24) is 4.98 Å². The molecule has 1 aromatic heterocycles. The molecular weight excluding hydrogens is 250 g/mol. The molecule has 5 heteroatoms. The molecule has 0 radical (unpaired) electrons. The van der Waals surface area contributed by atoms with Crippen LogP contribution in [0.1, 0.15) is 15.4 Å². The van der Waals surface area contributed by atoms with Crippen LogP contribution in [-0.4, -0.2) is 25.0 Å². The lowest BCUT2D eigenvalue weighted by Crippen LogP contribution is -2.07. The monoisotopic (exact) mass is 263 g/mol. The third kappa shape index (κ3) is 2.51. The van der Waals surface area contributed by atoms with Crippen molar-refractivity contribution < 1.29 is 14.3 Å². The van der Waals surface area contributed by atoms with Crippen molar-refractivity contribution in [2.24, 2.45) is 0 Å². The largest absolute Gasteiger partial charge is 0.496 e. The molecule has 2 rings (SSSR count). The van der Waals surface area contributed by atoms with Crippen LogP contribution in [0.2, 0.25) is 0 Å². The van der Waals surface area contributed by atoms with Gasteiger partial charge in [-0.3, -0.25) is 4.79 Å². The molecule has 0 aliphatic carbocycles. The number of hydrogen-bond donors (Lipinski definition) is 0. The van der Waals surface area contributed by atoms with Gasteiger partial charge in [-0.2, -0.15) is 0 Å². The van der Waals surface area contributed by atoms with E-state index in [4.69, 9.17) is 9.47 Å². The number of nitrogens with zero attached hydrogens (tertiary/aromatic N) is 1. The number of hydrogen-bond acceptors (Lipinski definition) is 5. The van der Waals surface area contributed by atoms with Gasteiger partial charge >= 0.3 is 0 Å². The minimum absolute atomic E-state index is 0.0562. The quantitative estimate of drug-likeness (QED) is 0.778. The summed E-state index contributed by atoms with van der Waals surface area (Å²) in [5.74, 6) is 0.992. The minimum atomic E-state index is -0.0562. The molecule has 0 unspecified atom stereocenters. The van der Waals surface area contributed by atoms with Crippen LogP contribution >= 0.6 is 11.3 Å². The zero-order chi connectivity index (χ0) is 13.0. The molecule has 0 fully saturated rings. The maximum Gasteiger partial charge on any atom is 0.177 e. The van der Waals surface area contributed by atoms with Crippen LogP contribution in [-0.2, 0) is 6.42 Å². The summed E-state index contributed by atoms with van der Waals surface area (Å²) in [4.78, 5) is 16.4. The number of aromatic nitrogens is 1. The lowest BCUT2D eigenvalue weighted by molar-refractivity contribution is 0.0987. The Morgan fingerprint density at radius 2 is 1.94 bits per heavy atom. The molecule has 0 bridgehead atoms. The molecule has 18 heavy (non-hydrogen) atoms. The van der Waals surface area contributed by atoms with E-state index >= 15 is 0 Å². The second kappa shape index (κ2) is 5.64. The predicted molar refractivity (Wildman–Crippen MR) is 69.7 cm³/mol. The molecule has 0 aliphatic rings. The molecule has 0 atom stereocenters. The van der Waals surface area contributed by atoms with Crippen molar-refractivity contribution in [2.75, 3.05) is 14.2 Å². The molecular formula is C13H13NO3S. The van der Waals surface area contributed by atoms with Gasteiger partial charge in [-0.25, -0.2) is 4.98 Å². The molecule has 0 saturated heterocycles. The van der Waals surface area contributed by atoms with Gasteiger partial charge in [-0.05, 0) is 12.1 Å². The maximum atomic E-state index is 12.3. The SMILES string of the molecule is COc1cccc(OC)c1C(=O)Cc1nccs1. The van der Waals surface area contributed by atoms with Gasteiger partial charge in [0, 0.05) is 11.6 Å². The average Bonchev–Trinajstić information content (AvgIpc) is 2.90. The van der Waals surface area contributed by atoms with E-state index in [1.165, 1.54) is 25.6 Å². The number of thiazole rings is 1. The predicted octanol–water partition coefficient (Wildman–Crippen LogP) is 2.59. The first-order valence-electron chi connectivity index (χ1n) is 5.38. The molecule has 2 aromatic rings. The van der Waals surface area contributed by atoms with Crippen molar-refractivity contribution in [3.8, 4) is 11.5 Å². The van der Waals surface area contributed by atoms with E-state index in [-0.39, 0.29) is 12.2 Å². The molecule has 94 valence electrons. The first kappa shape index (κ1) is 12.6. The van der Waals surface area contributed by atoms with Crippen LogP contribution < -0.4 is 9.47 Å². The number of ketones is 1. The van der Waals surface area contributed by atoms with Crippen molar-refractivity contribution in [3.05, 3.63) is 40.3 Å². The van der Waals surface area contributed by atoms with Crippen LogP contribution in [0.3, 0.4) is 0 Å². The number of rotatable bonds is 5. The lowest BCUT2D eigenvalue weighted by atomic mass is 10.1. The summed E-state index contributed by atoms with van der Waals surface area (Å²) in [6.45, 7) is 0. The molecule has 4 nitrogen and oxygen atoms in total. The summed E-state index contributed by atoms with van der Waals surface area (Å²) in [6.07, 6.45) is 1.95. The smallest absolute Gasteiger partial charge is 0.177 e. The third-order valence-electron chi connectivity index (χ3n) is 2.50. The fourth-order valence-corrected chi connectivity index (χ4v) is 2.31. The van der Waals surface area contributed by atoms with E-state index in [1.54, 1.807) is 24.4 Å². The summed E-state index contributed by atoms with van der Waals surface area (Å²) in [6, 6.07) is 5.28. The standard InChI is InChI=1S/C13H13NO3S/c1-16-10-4-3-5-11(17-2)13(10)9(15)8-12-14-6-7-18-12/h3-7H,8H2,1-2H3. The van der Waals surface area contributed by atoms with Gasteiger partial charge in [-0.15, -0.1) is 11.3 Å². The van der Waals surface area contributed by atoms with Crippen LogP contribution in [0.5, 0.6) is 11.5 Å². The normalized spacial score (nSPS) is 10.1. The fraction of sp³-hybridized carbons (Fsp3) is 0.231. The Balaban J connectivity index is 2.33. The zero-order valence-corrected chi connectivity index (χ0v) is 11.0. The minimum Gasteiger partial charge on any atom is -0.496 e. The highest BCUT2D eigenvalue weighted by atomic mass is 32.1. The molecule has 0 aliphatic heterocycles. The lowest BCUT2D eigenvalue weighted by Gasteiger charge is -2.11. The van der Waals surface area contributed by atoms with Gasteiger partial charge < -0.3 is 9.47 Å². The Morgan fingerprint density at radius 1 is 1.28 bits per heavy atom. The number of carbonyl (C=O) groups is 1. The number of carbonyl (C=O) groups excluding carboxylic acids is 1. The van der Waals surface area contributed by atoms with Crippen LogP contribution in [0.4, 0.5) is 0 Å². The molecule has 1 aromatic carbocycles. The molecule has 0 amide bonds. The van der Waals surface area contributed by atoms with E-state index in [1.807, 2.05) is 5.38 Å². The zero-order valence-electron chi connectivity index (χ0n) is 10.2. The fourth-order valence-electron chi connectivity index (χ4n) is 1.69. The summed E-state index contributed by atoms with van der Waals surface area (Å²) in [5.41, 5.74) is 0.470. The van der Waals surface area contributed by atoms with E-state index in [9.17, 15) is 4.79 Å². The maximum absolute atomic E-state index is 12.3. The Bertz CT molecular complexity index is 515. The van der Waals surface area contributed by atoms with E-state index in [0.29, 0.717) is 17.1 Å². The van der Waals surface area contributed by atoms with Crippen molar-refractivity contribution in [2.45, 2.75) is 6.42 Å². The van der Waals surface area contributed by atoms with Gasteiger partial charge in [0.2, 0.25) is 0 Å². The van der Waals surface area contributed by atoms with E-state index in [2.05, 4.69) is 4.98 Å². The highest BCUT2D eigenvalue weighted by Gasteiger charge is 2.19. The third-order valence-corrected chi connectivity index (χ3v) is 3.28. The Kier molecular flexibility index (Phi) is 3.94. The van der Waals surface area contributed by atoms with Crippen molar-refractivity contribution in [1.29, 1.82) is 0 Å². The van der Waals surface area contributed by atoms with E-state index in [0.717, 1.165) is 5.01 Å². The second-order valence-electron chi connectivity index (χ2n) is 3.56. The van der Waals surface area contributed by atoms with Crippen molar-refractivity contribution >= 4 is 17.1 Å². The van der Waals surface area contributed by atoms with Gasteiger partial charge in [0.05, 0.1) is 20.6 Å². The topological polar surface area (TPSA) is 48.4 Å². The van der Waals surface area contributed by atoms with Gasteiger partial charge in [0.25, 0.3) is 0 Å². The van der Waals surface area contributed by atoms with Crippen LogP contribution in [0.25, 0.3) is 0 Å². The molecule has 0 saturated carbocycles. The van der Waals surface area contributed by atoms with Gasteiger partial charge in [0.15, 0.2) is 5.78 Å². The number of methoxy groups -OCH3 is 2.